The first kappa shape index (κ1) is 17.0. The van der Waals surface area contributed by atoms with Gasteiger partial charge >= 0.3 is 0 Å². The van der Waals surface area contributed by atoms with Crippen molar-refractivity contribution in [1.29, 1.82) is 0 Å². The molecule has 28 heavy (non-hydrogen) atoms. The molecule has 0 unspecified atom stereocenters. The molecule has 2 aromatic heterocycles. The molecule has 1 saturated heterocycles. The topological polar surface area (TPSA) is 54.4 Å². The largest absolute Gasteiger partial charge is 0.487 e. The van der Waals surface area contributed by atoms with Gasteiger partial charge in [-0.25, -0.2) is 9.97 Å². The highest BCUT2D eigenvalue weighted by Gasteiger charge is 2.25. The van der Waals surface area contributed by atoms with Crippen LogP contribution in [0.1, 0.15) is 22.6 Å². The minimum atomic E-state index is 0.498. The summed E-state index contributed by atoms with van der Waals surface area (Å²) in [6.45, 7) is 6.24. The molecule has 0 amide bonds. The van der Waals surface area contributed by atoms with Crippen LogP contribution in [0, 0.1) is 6.92 Å². The number of fused-ring (bicyclic) bond motifs is 2. The van der Waals surface area contributed by atoms with Gasteiger partial charge in [0.1, 0.15) is 24.0 Å². The second kappa shape index (κ2) is 7.11. The first-order valence-electron chi connectivity index (χ1n) is 9.75. The summed E-state index contributed by atoms with van der Waals surface area (Å²) in [5.74, 6) is 2.82. The average Bonchev–Trinajstić information content (AvgIpc) is 2.93. The molecule has 2 aliphatic heterocycles. The lowest BCUT2D eigenvalue weighted by Gasteiger charge is -2.37. The number of para-hydroxylation sites is 1. The zero-order valence-corrected chi connectivity index (χ0v) is 16.0. The lowest BCUT2D eigenvalue weighted by Crippen LogP contribution is -2.47. The molecule has 4 heterocycles. The van der Waals surface area contributed by atoms with Gasteiger partial charge in [-0.15, -0.1) is 0 Å². The molecule has 0 atom stereocenters. The third-order valence-electron chi connectivity index (χ3n) is 5.48. The molecule has 142 valence electrons. The Morgan fingerprint density at radius 1 is 0.929 bits per heavy atom. The van der Waals surface area contributed by atoms with Crippen molar-refractivity contribution in [1.82, 2.24) is 15.0 Å². The lowest BCUT2D eigenvalue weighted by molar-refractivity contribution is 0.301. The van der Waals surface area contributed by atoms with Gasteiger partial charge in [-0.05, 0) is 30.7 Å². The summed E-state index contributed by atoms with van der Waals surface area (Å²) in [7, 11) is 0. The van der Waals surface area contributed by atoms with Crippen LogP contribution >= 0.6 is 0 Å². The molecule has 6 nitrogen and oxygen atoms in total. The van der Waals surface area contributed by atoms with Gasteiger partial charge in [-0.1, -0.05) is 18.2 Å². The Morgan fingerprint density at radius 3 is 2.57 bits per heavy atom. The van der Waals surface area contributed by atoms with E-state index in [1.54, 1.807) is 0 Å². The van der Waals surface area contributed by atoms with Gasteiger partial charge in [-0.3, -0.25) is 4.98 Å². The third-order valence-corrected chi connectivity index (χ3v) is 5.48. The number of hydrogen-bond acceptors (Lipinski definition) is 6. The van der Waals surface area contributed by atoms with Crippen molar-refractivity contribution in [3.05, 3.63) is 71.4 Å². The van der Waals surface area contributed by atoms with E-state index in [1.165, 1.54) is 16.8 Å². The van der Waals surface area contributed by atoms with E-state index in [-0.39, 0.29) is 0 Å². The highest BCUT2D eigenvalue weighted by atomic mass is 16.5. The molecule has 0 aliphatic carbocycles. The Kier molecular flexibility index (Phi) is 4.31. The Balaban J connectivity index is 1.43. The van der Waals surface area contributed by atoms with E-state index in [2.05, 4.69) is 33.0 Å². The molecule has 0 radical (unpaired) electrons. The molecule has 0 saturated carbocycles. The number of pyridine rings is 1. The highest BCUT2D eigenvalue weighted by molar-refractivity contribution is 5.55. The van der Waals surface area contributed by atoms with Crippen LogP contribution in [-0.2, 0) is 13.0 Å². The molecule has 1 aromatic carbocycles. The maximum Gasteiger partial charge on any atom is 0.136 e. The van der Waals surface area contributed by atoms with Gasteiger partial charge in [0.25, 0.3) is 0 Å². The van der Waals surface area contributed by atoms with E-state index in [0.717, 1.165) is 55.7 Å². The quantitative estimate of drug-likeness (QED) is 0.688. The first-order chi connectivity index (χ1) is 13.8. The van der Waals surface area contributed by atoms with E-state index in [4.69, 9.17) is 14.7 Å². The van der Waals surface area contributed by atoms with Gasteiger partial charge in [0.2, 0.25) is 0 Å². The summed E-state index contributed by atoms with van der Waals surface area (Å²) in [5.41, 5.74) is 4.59. The van der Waals surface area contributed by atoms with E-state index >= 15 is 0 Å². The summed E-state index contributed by atoms with van der Waals surface area (Å²) in [5, 5.41) is 0. The van der Waals surface area contributed by atoms with Crippen LogP contribution in [0.15, 0.2) is 48.8 Å². The van der Waals surface area contributed by atoms with Crippen LogP contribution in [0.4, 0.5) is 11.5 Å². The average molecular weight is 373 g/mol. The highest BCUT2D eigenvalue weighted by Crippen LogP contribution is 2.32. The van der Waals surface area contributed by atoms with E-state index in [0.29, 0.717) is 6.61 Å². The number of nitrogens with zero attached hydrogens (tertiary/aromatic N) is 5. The number of rotatable bonds is 2. The SMILES string of the molecule is Cc1nc2c(c(N3CCN(c4cccnc4)CC3)n1)Cc1ccccc1OC2. The predicted molar refractivity (Wildman–Crippen MR) is 109 cm³/mol. The van der Waals surface area contributed by atoms with Crippen LogP contribution in [0.25, 0.3) is 0 Å². The number of aryl methyl sites for hydroxylation is 1. The Morgan fingerprint density at radius 2 is 1.75 bits per heavy atom. The molecule has 0 spiro atoms. The molecule has 6 heteroatoms. The summed E-state index contributed by atoms with van der Waals surface area (Å²) >= 11 is 0. The minimum Gasteiger partial charge on any atom is -0.487 e. The fourth-order valence-electron chi connectivity index (χ4n) is 4.04. The van der Waals surface area contributed by atoms with Crippen LogP contribution in [0.5, 0.6) is 5.75 Å². The number of aromatic nitrogens is 3. The number of anilines is 2. The third kappa shape index (κ3) is 3.15. The Hall–Kier alpha value is -3.15. The van der Waals surface area contributed by atoms with Crippen LogP contribution < -0.4 is 14.5 Å². The van der Waals surface area contributed by atoms with E-state index < -0.39 is 0 Å². The van der Waals surface area contributed by atoms with Crippen molar-refractivity contribution in [2.45, 2.75) is 20.0 Å². The lowest BCUT2D eigenvalue weighted by atomic mass is 10.0. The van der Waals surface area contributed by atoms with Crippen LogP contribution in [0.2, 0.25) is 0 Å². The molecule has 5 rings (SSSR count). The number of hydrogen-bond donors (Lipinski definition) is 0. The summed E-state index contributed by atoms with van der Waals surface area (Å²) in [4.78, 5) is 18.6. The Bertz CT molecular complexity index is 983. The number of ether oxygens (including phenoxy) is 1. The monoisotopic (exact) mass is 373 g/mol. The van der Waals surface area contributed by atoms with Gasteiger partial charge in [0.05, 0.1) is 17.6 Å². The standard InChI is InChI=1S/C22H23N5O/c1-16-24-20-15-28-21-7-3-2-5-17(21)13-19(20)22(25-16)27-11-9-26(10-12-27)18-6-4-8-23-14-18/h2-8,14H,9-13,15H2,1H3. The summed E-state index contributed by atoms with van der Waals surface area (Å²) < 4.78 is 6.02. The normalized spacial score (nSPS) is 16.0. The fourth-order valence-corrected chi connectivity index (χ4v) is 4.04. The van der Waals surface area contributed by atoms with Crippen molar-refractivity contribution in [3.63, 3.8) is 0 Å². The van der Waals surface area contributed by atoms with Crippen molar-refractivity contribution < 1.29 is 4.74 Å². The Labute approximate surface area is 164 Å². The predicted octanol–water partition coefficient (Wildman–Crippen LogP) is 2.99. The van der Waals surface area contributed by atoms with Gasteiger partial charge in [0.15, 0.2) is 0 Å². The molecule has 2 aliphatic rings. The van der Waals surface area contributed by atoms with Crippen LogP contribution in [-0.4, -0.2) is 41.1 Å². The smallest absolute Gasteiger partial charge is 0.136 e. The molecule has 0 N–H and O–H groups in total. The van der Waals surface area contributed by atoms with Crippen molar-refractivity contribution in [2.75, 3.05) is 36.0 Å². The van der Waals surface area contributed by atoms with Crippen molar-refractivity contribution in [2.24, 2.45) is 0 Å². The maximum atomic E-state index is 6.02. The zero-order valence-electron chi connectivity index (χ0n) is 16.0. The van der Waals surface area contributed by atoms with Gasteiger partial charge in [-0.2, -0.15) is 0 Å². The van der Waals surface area contributed by atoms with E-state index in [1.807, 2.05) is 37.5 Å². The van der Waals surface area contributed by atoms with Gasteiger partial charge < -0.3 is 14.5 Å². The second-order valence-electron chi connectivity index (χ2n) is 7.28. The summed E-state index contributed by atoms with van der Waals surface area (Å²) in [6.07, 6.45) is 4.56. The number of benzene rings is 1. The second-order valence-corrected chi connectivity index (χ2v) is 7.28. The molecule has 1 fully saturated rings. The van der Waals surface area contributed by atoms with Crippen LogP contribution in [0.3, 0.4) is 0 Å². The van der Waals surface area contributed by atoms with E-state index in [9.17, 15) is 0 Å². The number of piperazine rings is 1. The van der Waals surface area contributed by atoms with Crippen molar-refractivity contribution >= 4 is 11.5 Å². The molecule has 3 aromatic rings. The molecular formula is C22H23N5O. The van der Waals surface area contributed by atoms with Crippen molar-refractivity contribution in [3.8, 4) is 5.75 Å². The first-order valence-corrected chi connectivity index (χ1v) is 9.75. The summed E-state index contributed by atoms with van der Waals surface area (Å²) in [6, 6.07) is 12.4. The molecular weight excluding hydrogens is 350 g/mol. The molecule has 0 bridgehead atoms. The minimum absolute atomic E-state index is 0.498. The maximum absolute atomic E-state index is 6.02. The zero-order chi connectivity index (χ0) is 18.9. The fraction of sp³-hybridized carbons (Fsp3) is 0.318. The van der Waals surface area contributed by atoms with Gasteiger partial charge in [0, 0.05) is 44.4 Å².